The number of hydrogen-bond donors (Lipinski definition) is 0. The SMILES string of the molecule is C#CCn1c(=O)oc2cc(Cl)c(-n3c(=O)cc(C)n(C)c3=O)cc21. The van der Waals surface area contributed by atoms with Gasteiger partial charge < -0.3 is 8.98 Å². The molecule has 0 aliphatic rings. The van der Waals surface area contributed by atoms with E-state index in [2.05, 4.69) is 5.92 Å². The molecule has 0 spiro atoms. The van der Waals surface area contributed by atoms with Crippen molar-refractivity contribution in [1.82, 2.24) is 13.7 Å². The second-order valence-corrected chi connectivity index (χ2v) is 5.64. The smallest absolute Gasteiger partial charge is 0.408 e. The number of hydrogen-bond acceptors (Lipinski definition) is 4. The van der Waals surface area contributed by atoms with Crippen molar-refractivity contribution >= 4 is 22.7 Å². The molecule has 0 radical (unpaired) electrons. The van der Waals surface area contributed by atoms with E-state index in [-0.39, 0.29) is 22.8 Å². The normalized spacial score (nSPS) is 10.9. The van der Waals surface area contributed by atoms with Crippen LogP contribution in [0.25, 0.3) is 16.8 Å². The van der Waals surface area contributed by atoms with E-state index < -0.39 is 17.0 Å². The zero-order valence-electron chi connectivity index (χ0n) is 12.9. The van der Waals surface area contributed by atoms with Crippen LogP contribution in [0.5, 0.6) is 0 Å². The zero-order chi connectivity index (χ0) is 17.6. The summed E-state index contributed by atoms with van der Waals surface area (Å²) in [5.41, 5.74) is 0.182. The van der Waals surface area contributed by atoms with Crippen molar-refractivity contribution in [3.63, 3.8) is 0 Å². The Hall–Kier alpha value is -2.98. The number of oxazole rings is 1. The highest BCUT2D eigenvalue weighted by molar-refractivity contribution is 6.33. The molecule has 0 aliphatic heterocycles. The lowest BCUT2D eigenvalue weighted by molar-refractivity contribution is 0.521. The van der Waals surface area contributed by atoms with Gasteiger partial charge in [0.15, 0.2) is 5.58 Å². The fraction of sp³-hybridized carbons (Fsp3) is 0.188. The maximum atomic E-state index is 12.5. The molecule has 0 saturated carbocycles. The molecule has 0 bridgehead atoms. The molecule has 24 heavy (non-hydrogen) atoms. The minimum Gasteiger partial charge on any atom is -0.408 e. The van der Waals surface area contributed by atoms with Crippen LogP contribution in [-0.4, -0.2) is 13.7 Å². The predicted octanol–water partition coefficient (Wildman–Crippen LogP) is 1.04. The van der Waals surface area contributed by atoms with E-state index in [1.54, 1.807) is 14.0 Å². The van der Waals surface area contributed by atoms with Crippen LogP contribution in [-0.2, 0) is 13.6 Å². The molecule has 3 aromatic rings. The van der Waals surface area contributed by atoms with E-state index >= 15 is 0 Å². The number of terminal acetylenes is 1. The van der Waals surface area contributed by atoms with Crippen LogP contribution >= 0.6 is 11.6 Å². The topological polar surface area (TPSA) is 79.1 Å². The van der Waals surface area contributed by atoms with Gasteiger partial charge in [0.05, 0.1) is 22.8 Å². The lowest BCUT2D eigenvalue weighted by Gasteiger charge is -2.11. The predicted molar refractivity (Wildman–Crippen MR) is 89.9 cm³/mol. The summed E-state index contributed by atoms with van der Waals surface area (Å²) >= 11 is 6.19. The molecule has 0 fully saturated rings. The number of aromatic nitrogens is 3. The minimum atomic E-state index is -0.639. The third-order valence-corrected chi connectivity index (χ3v) is 4.09. The van der Waals surface area contributed by atoms with Gasteiger partial charge in [0.1, 0.15) is 0 Å². The number of rotatable bonds is 2. The standard InChI is InChI=1S/C16H12ClN3O4/c1-4-5-19-12-8-11(10(17)7-13(12)24-16(19)23)20-14(21)6-9(2)18(3)15(20)22/h1,6-8H,5H2,2-3H3. The summed E-state index contributed by atoms with van der Waals surface area (Å²) in [5, 5.41) is 0.104. The Morgan fingerprint density at radius 3 is 2.62 bits per heavy atom. The van der Waals surface area contributed by atoms with Gasteiger partial charge in [-0.1, -0.05) is 17.5 Å². The molecular weight excluding hydrogens is 334 g/mol. The second kappa shape index (κ2) is 5.58. The van der Waals surface area contributed by atoms with Gasteiger partial charge >= 0.3 is 11.4 Å². The highest BCUT2D eigenvalue weighted by Crippen LogP contribution is 2.25. The third kappa shape index (κ3) is 2.28. The number of benzene rings is 1. The first-order chi connectivity index (χ1) is 11.3. The van der Waals surface area contributed by atoms with Gasteiger partial charge in [0, 0.05) is 24.9 Å². The Labute approximate surface area is 140 Å². The summed E-state index contributed by atoms with van der Waals surface area (Å²) in [6, 6.07) is 4.15. The molecule has 2 aromatic heterocycles. The highest BCUT2D eigenvalue weighted by Gasteiger charge is 2.16. The Morgan fingerprint density at radius 1 is 1.25 bits per heavy atom. The molecular formula is C16H12ClN3O4. The fourth-order valence-corrected chi connectivity index (χ4v) is 2.68. The highest BCUT2D eigenvalue weighted by atomic mass is 35.5. The van der Waals surface area contributed by atoms with Gasteiger partial charge in [0.25, 0.3) is 5.56 Å². The quantitative estimate of drug-likeness (QED) is 0.650. The van der Waals surface area contributed by atoms with Gasteiger partial charge in [-0.2, -0.15) is 0 Å². The molecule has 0 unspecified atom stereocenters. The molecule has 0 saturated heterocycles. The first-order valence-electron chi connectivity index (χ1n) is 6.91. The Bertz CT molecular complexity index is 1190. The van der Waals surface area contributed by atoms with Crippen molar-refractivity contribution in [2.45, 2.75) is 13.5 Å². The first-order valence-corrected chi connectivity index (χ1v) is 7.29. The Morgan fingerprint density at radius 2 is 1.96 bits per heavy atom. The minimum absolute atomic E-state index is 0.00624. The van der Waals surface area contributed by atoms with Crippen molar-refractivity contribution in [3.8, 4) is 18.0 Å². The Kier molecular flexibility index (Phi) is 3.70. The van der Waals surface area contributed by atoms with Gasteiger partial charge in [-0.05, 0) is 13.0 Å². The van der Waals surface area contributed by atoms with E-state index in [0.29, 0.717) is 11.2 Å². The monoisotopic (exact) mass is 345 g/mol. The van der Waals surface area contributed by atoms with Crippen LogP contribution in [0.15, 0.2) is 37.0 Å². The molecule has 122 valence electrons. The van der Waals surface area contributed by atoms with Gasteiger partial charge in [-0.3, -0.25) is 9.36 Å². The average molecular weight is 346 g/mol. The van der Waals surface area contributed by atoms with Crippen molar-refractivity contribution < 1.29 is 4.42 Å². The summed E-state index contributed by atoms with van der Waals surface area (Å²) in [5.74, 6) is 1.71. The van der Waals surface area contributed by atoms with Crippen LogP contribution in [0.2, 0.25) is 5.02 Å². The van der Waals surface area contributed by atoms with Crippen molar-refractivity contribution in [3.05, 3.63) is 60.3 Å². The van der Waals surface area contributed by atoms with Crippen molar-refractivity contribution in [2.75, 3.05) is 0 Å². The maximum absolute atomic E-state index is 12.5. The summed E-state index contributed by atoms with van der Waals surface area (Å²) in [7, 11) is 1.55. The van der Waals surface area contributed by atoms with Gasteiger partial charge in [-0.25, -0.2) is 14.2 Å². The largest absolute Gasteiger partial charge is 0.420 e. The molecule has 3 rings (SSSR count). The van der Waals surface area contributed by atoms with Crippen LogP contribution in [0.4, 0.5) is 0 Å². The molecule has 0 amide bonds. The van der Waals surface area contributed by atoms with Crippen LogP contribution in [0.3, 0.4) is 0 Å². The number of aryl methyl sites for hydroxylation is 1. The number of nitrogens with zero attached hydrogens (tertiary/aromatic N) is 3. The molecule has 1 aromatic carbocycles. The summed E-state index contributed by atoms with van der Waals surface area (Å²) in [4.78, 5) is 36.6. The third-order valence-electron chi connectivity index (χ3n) is 3.79. The van der Waals surface area contributed by atoms with Crippen LogP contribution in [0, 0.1) is 19.3 Å². The van der Waals surface area contributed by atoms with Gasteiger partial charge in [0.2, 0.25) is 0 Å². The van der Waals surface area contributed by atoms with Crippen LogP contribution in [0.1, 0.15) is 5.69 Å². The second-order valence-electron chi connectivity index (χ2n) is 5.23. The van der Waals surface area contributed by atoms with E-state index in [0.717, 1.165) is 4.57 Å². The lowest BCUT2D eigenvalue weighted by Crippen LogP contribution is -2.38. The molecule has 2 heterocycles. The molecule has 0 aliphatic carbocycles. The van der Waals surface area contributed by atoms with E-state index in [4.69, 9.17) is 22.4 Å². The van der Waals surface area contributed by atoms with E-state index in [1.165, 1.54) is 27.3 Å². The lowest BCUT2D eigenvalue weighted by atomic mass is 10.2. The van der Waals surface area contributed by atoms with Crippen LogP contribution < -0.4 is 17.0 Å². The fourth-order valence-electron chi connectivity index (χ4n) is 2.44. The van der Waals surface area contributed by atoms with E-state index in [1.807, 2.05) is 0 Å². The molecule has 0 atom stereocenters. The molecule has 0 N–H and O–H groups in total. The molecule has 8 heteroatoms. The summed E-state index contributed by atoms with van der Waals surface area (Å²) in [6.07, 6.45) is 5.26. The van der Waals surface area contributed by atoms with E-state index in [9.17, 15) is 14.4 Å². The Balaban J connectivity index is 2.43. The van der Waals surface area contributed by atoms with Crippen molar-refractivity contribution in [1.29, 1.82) is 0 Å². The number of halogens is 1. The summed E-state index contributed by atoms with van der Waals surface area (Å²) < 4.78 is 8.57. The van der Waals surface area contributed by atoms with Crippen molar-refractivity contribution in [2.24, 2.45) is 7.05 Å². The van der Waals surface area contributed by atoms with Gasteiger partial charge in [-0.15, -0.1) is 6.42 Å². The first kappa shape index (κ1) is 15.9. The molecule has 7 nitrogen and oxygen atoms in total. The number of fused-ring (bicyclic) bond motifs is 1. The summed E-state index contributed by atoms with van der Waals surface area (Å²) in [6.45, 7) is 1.65. The zero-order valence-corrected chi connectivity index (χ0v) is 13.6. The maximum Gasteiger partial charge on any atom is 0.420 e. The average Bonchev–Trinajstić information content (AvgIpc) is 2.81.